The first-order valence-corrected chi connectivity index (χ1v) is 5.42. The molecule has 84 valence electrons. The summed E-state index contributed by atoms with van der Waals surface area (Å²) in [6.45, 7) is 7.60. The second-order valence-electron chi connectivity index (χ2n) is 2.19. The van der Waals surface area contributed by atoms with Crippen LogP contribution in [-0.2, 0) is 14.1 Å². The van der Waals surface area contributed by atoms with Crippen LogP contribution in [0.2, 0.25) is 0 Å². The predicted molar refractivity (Wildman–Crippen MR) is 50.3 cm³/mol. The molecule has 0 radical (unpaired) electrons. The number of ether oxygens (including phenoxy) is 1. The number of hydrogen-bond acceptors (Lipinski definition) is 3. The summed E-state index contributed by atoms with van der Waals surface area (Å²) < 4.78 is 13.5. The highest BCUT2D eigenvalue weighted by Crippen LogP contribution is 2.25. The van der Waals surface area contributed by atoms with E-state index in [1.165, 1.54) is 0 Å². The maximum absolute atomic E-state index is 10.7. The third-order valence-electron chi connectivity index (χ3n) is 0.991. The Hall–Kier alpha value is -0.680. The van der Waals surface area contributed by atoms with Crippen molar-refractivity contribution < 1.29 is 28.8 Å². The van der Waals surface area contributed by atoms with E-state index in [1.807, 2.05) is 6.92 Å². The highest BCUT2D eigenvalue weighted by atomic mass is 31.2. The van der Waals surface area contributed by atoms with Crippen LogP contribution in [0.1, 0.15) is 20.3 Å². The van der Waals surface area contributed by atoms with Crippen molar-refractivity contribution in [1.82, 2.24) is 0 Å². The fourth-order valence-corrected chi connectivity index (χ4v) is 0.377. The van der Waals surface area contributed by atoms with E-state index < -0.39 is 7.82 Å². The molecule has 14 heavy (non-hydrogen) atoms. The Labute approximate surface area is 82.5 Å². The Morgan fingerprint density at radius 2 is 1.71 bits per heavy atom. The van der Waals surface area contributed by atoms with E-state index in [1.54, 1.807) is 6.92 Å². The van der Waals surface area contributed by atoms with E-state index in [2.05, 4.69) is 11.3 Å². The maximum Gasteiger partial charge on any atom is 0.466 e. The zero-order chi connectivity index (χ0) is 11.8. The van der Waals surface area contributed by atoms with Gasteiger partial charge in [0.1, 0.15) is 0 Å². The number of esters is 1. The molecule has 0 aliphatic rings. The molecule has 0 amide bonds. The minimum atomic E-state index is -4.64. The number of phosphoric acid groups is 1. The Morgan fingerprint density at radius 3 is 1.93 bits per heavy atom. The lowest BCUT2D eigenvalue weighted by molar-refractivity contribution is -0.138. The van der Waals surface area contributed by atoms with Crippen molar-refractivity contribution >= 4 is 13.8 Å². The van der Waals surface area contributed by atoms with Gasteiger partial charge in [-0.3, -0.25) is 0 Å². The van der Waals surface area contributed by atoms with Crippen molar-refractivity contribution in [3.63, 3.8) is 0 Å². The summed E-state index contributed by atoms with van der Waals surface area (Å²) >= 11 is 0. The normalized spacial score (nSPS) is 9.79. The third kappa shape index (κ3) is 17.4. The van der Waals surface area contributed by atoms with Gasteiger partial charge in [-0.25, -0.2) is 9.36 Å². The highest BCUT2D eigenvalue weighted by Gasteiger charge is 2.02. The van der Waals surface area contributed by atoms with Gasteiger partial charge in [-0.05, 0) is 13.3 Å². The van der Waals surface area contributed by atoms with E-state index in [0.29, 0.717) is 18.6 Å². The lowest BCUT2D eigenvalue weighted by atomic mass is 10.2. The zero-order valence-corrected chi connectivity index (χ0v) is 9.03. The molecule has 0 aliphatic carbocycles. The molecule has 0 aromatic heterocycles. The Balaban J connectivity index is 0. The summed E-state index contributed by atoms with van der Waals surface area (Å²) in [5, 5.41) is 0. The van der Waals surface area contributed by atoms with Gasteiger partial charge in [0.25, 0.3) is 0 Å². The molecule has 6 nitrogen and oxygen atoms in total. The summed E-state index contributed by atoms with van der Waals surface area (Å²) in [5.41, 5.74) is 0.539. The quantitative estimate of drug-likeness (QED) is 0.369. The van der Waals surface area contributed by atoms with Gasteiger partial charge in [-0.1, -0.05) is 13.5 Å². The monoisotopic (exact) mass is 226 g/mol. The molecule has 0 rings (SSSR count). The number of carbonyl (C=O) groups is 1. The number of carbonyl (C=O) groups excluding carboxylic acids is 1. The standard InChI is InChI=1S/C7H12O2.H3O4P/c1-4-6(3)7(8)9-5-2;1-5(2,3)4/h3-5H2,1-2H3;(H3,1,2,3,4). The molecular formula is C7H15O6P. The second kappa shape index (κ2) is 7.70. The van der Waals surface area contributed by atoms with Gasteiger partial charge in [0.05, 0.1) is 6.61 Å². The van der Waals surface area contributed by atoms with Gasteiger partial charge in [-0.15, -0.1) is 0 Å². The van der Waals surface area contributed by atoms with Crippen LogP contribution in [0.15, 0.2) is 12.2 Å². The van der Waals surface area contributed by atoms with E-state index >= 15 is 0 Å². The van der Waals surface area contributed by atoms with Crippen LogP contribution in [0.25, 0.3) is 0 Å². The molecule has 0 fully saturated rings. The molecule has 7 heteroatoms. The first-order valence-electron chi connectivity index (χ1n) is 3.85. The number of hydrogen-bond donors (Lipinski definition) is 3. The molecule has 0 spiro atoms. The summed E-state index contributed by atoms with van der Waals surface area (Å²) in [4.78, 5) is 32.2. The molecule has 0 heterocycles. The highest BCUT2D eigenvalue weighted by molar-refractivity contribution is 7.45. The van der Waals surface area contributed by atoms with Crippen molar-refractivity contribution in [3.8, 4) is 0 Å². The first kappa shape index (κ1) is 15.8. The van der Waals surface area contributed by atoms with Crippen LogP contribution >= 0.6 is 7.82 Å². The Kier molecular flexibility index (Phi) is 8.68. The molecular weight excluding hydrogens is 211 g/mol. The van der Waals surface area contributed by atoms with Gasteiger partial charge in [-0.2, -0.15) is 0 Å². The van der Waals surface area contributed by atoms with E-state index in [4.69, 9.17) is 19.2 Å². The zero-order valence-electron chi connectivity index (χ0n) is 8.13. The predicted octanol–water partition coefficient (Wildman–Crippen LogP) is 0.587. The van der Waals surface area contributed by atoms with Crippen LogP contribution < -0.4 is 0 Å². The van der Waals surface area contributed by atoms with Crippen LogP contribution in [0, 0.1) is 0 Å². The fraction of sp³-hybridized carbons (Fsp3) is 0.571. The fourth-order valence-electron chi connectivity index (χ4n) is 0.377. The van der Waals surface area contributed by atoms with E-state index in [-0.39, 0.29) is 5.97 Å². The van der Waals surface area contributed by atoms with Gasteiger partial charge >= 0.3 is 13.8 Å². The molecule has 0 aliphatic heterocycles. The lowest BCUT2D eigenvalue weighted by Crippen LogP contribution is -2.05. The van der Waals surface area contributed by atoms with Gasteiger partial charge in [0, 0.05) is 5.57 Å². The summed E-state index contributed by atoms with van der Waals surface area (Å²) in [5.74, 6) is -0.278. The van der Waals surface area contributed by atoms with E-state index in [9.17, 15) is 4.79 Å². The third-order valence-corrected chi connectivity index (χ3v) is 0.991. The van der Waals surface area contributed by atoms with Crippen molar-refractivity contribution in [2.75, 3.05) is 6.61 Å². The molecule has 0 bridgehead atoms. The van der Waals surface area contributed by atoms with Crippen molar-refractivity contribution in [2.24, 2.45) is 0 Å². The van der Waals surface area contributed by atoms with Gasteiger partial charge < -0.3 is 19.4 Å². The SMILES string of the molecule is C=C(CC)C(=O)OCC.O=P(O)(O)O. The molecule has 0 aromatic rings. The van der Waals surface area contributed by atoms with Crippen molar-refractivity contribution in [2.45, 2.75) is 20.3 Å². The Bertz CT molecular complexity index is 222. The second-order valence-corrected chi connectivity index (χ2v) is 3.22. The van der Waals surface area contributed by atoms with Crippen LogP contribution in [0.3, 0.4) is 0 Å². The van der Waals surface area contributed by atoms with Crippen molar-refractivity contribution in [3.05, 3.63) is 12.2 Å². The summed E-state index contributed by atoms with van der Waals surface area (Å²) in [6.07, 6.45) is 0.666. The topological polar surface area (TPSA) is 104 Å². The largest absolute Gasteiger partial charge is 0.466 e. The Morgan fingerprint density at radius 1 is 1.36 bits per heavy atom. The van der Waals surface area contributed by atoms with Crippen LogP contribution in [-0.4, -0.2) is 27.3 Å². The van der Waals surface area contributed by atoms with Gasteiger partial charge in [0.15, 0.2) is 0 Å². The van der Waals surface area contributed by atoms with Crippen LogP contribution in [0.5, 0.6) is 0 Å². The van der Waals surface area contributed by atoms with Gasteiger partial charge in [0.2, 0.25) is 0 Å². The lowest BCUT2D eigenvalue weighted by Gasteiger charge is -1.99. The number of rotatable bonds is 3. The minimum Gasteiger partial charge on any atom is -0.463 e. The first-order chi connectivity index (χ1) is 6.22. The molecule has 0 saturated heterocycles. The minimum absolute atomic E-state index is 0.278. The van der Waals surface area contributed by atoms with Crippen LogP contribution in [0.4, 0.5) is 0 Å². The molecule has 0 aromatic carbocycles. The average Bonchev–Trinajstić information content (AvgIpc) is 2.00. The van der Waals surface area contributed by atoms with Crippen molar-refractivity contribution in [1.29, 1.82) is 0 Å². The molecule has 0 atom stereocenters. The summed E-state index contributed by atoms with van der Waals surface area (Å²) in [7, 11) is -4.64. The molecule has 0 unspecified atom stereocenters. The maximum atomic E-state index is 10.7. The average molecular weight is 226 g/mol. The molecule has 0 saturated carbocycles. The van der Waals surface area contributed by atoms with E-state index in [0.717, 1.165) is 0 Å². The molecule has 3 N–H and O–H groups in total. The summed E-state index contributed by atoms with van der Waals surface area (Å²) in [6, 6.07) is 0. The smallest absolute Gasteiger partial charge is 0.463 e.